The van der Waals surface area contributed by atoms with Crippen molar-refractivity contribution in [1.29, 1.82) is 0 Å². The first-order valence-corrected chi connectivity index (χ1v) is 4.04. The van der Waals surface area contributed by atoms with Gasteiger partial charge < -0.3 is 5.01 Å². The maximum absolute atomic E-state index is 12.0. The smallest absolute Gasteiger partial charge is 0.302 e. The third-order valence-corrected chi connectivity index (χ3v) is 1.68. The predicted molar refractivity (Wildman–Crippen MR) is 56.0 cm³/mol. The van der Waals surface area contributed by atoms with Crippen LogP contribution in [0.25, 0.3) is 0 Å². The zero-order valence-electron chi connectivity index (χ0n) is 8.08. The fourth-order valence-corrected chi connectivity index (χ4v) is 1.09. The minimum absolute atomic E-state index is 0. The van der Waals surface area contributed by atoms with E-state index in [-0.39, 0.29) is 12.4 Å². The van der Waals surface area contributed by atoms with Gasteiger partial charge in [-0.05, 0) is 24.6 Å². The molecule has 0 aliphatic rings. The summed E-state index contributed by atoms with van der Waals surface area (Å²) in [6.45, 7) is 0.654. The number of benzene rings is 1. The molecule has 2 N–H and O–H groups in total. The number of rotatable bonds is 2. The van der Waals surface area contributed by atoms with Crippen molar-refractivity contribution in [3.8, 4) is 0 Å². The van der Waals surface area contributed by atoms with Gasteiger partial charge in [-0.25, -0.2) is 5.84 Å². The molecule has 0 saturated carbocycles. The number of hydrogen-bond donors (Lipinski definition) is 1. The highest BCUT2D eigenvalue weighted by Gasteiger charge is 2.29. The van der Waals surface area contributed by atoms with Gasteiger partial charge in [0.25, 0.3) is 0 Å². The zero-order chi connectivity index (χ0) is 10.8. The molecule has 0 unspecified atom stereocenters. The van der Waals surface area contributed by atoms with Crippen molar-refractivity contribution in [2.45, 2.75) is 13.1 Å². The van der Waals surface area contributed by atoms with Crippen LogP contribution in [0.4, 0.5) is 18.9 Å². The van der Waals surface area contributed by atoms with Crippen molar-refractivity contribution in [2.75, 3.05) is 11.6 Å². The first kappa shape index (κ1) is 14.1. The van der Waals surface area contributed by atoms with Gasteiger partial charge in [0, 0.05) is 0 Å². The molecule has 1 aromatic rings. The van der Waals surface area contributed by atoms with E-state index in [1.165, 1.54) is 0 Å². The highest BCUT2D eigenvalue weighted by molar-refractivity contribution is 5.85. The number of nitrogens with zero attached hydrogens (tertiary/aromatic N) is 1. The molecule has 0 amide bonds. The SMILES string of the molecule is Cc1cccc(N(N)CC(F)(F)F)c1.Cl. The third kappa shape index (κ3) is 4.90. The van der Waals surface area contributed by atoms with Gasteiger partial charge in [-0.15, -0.1) is 12.4 Å². The molecule has 15 heavy (non-hydrogen) atoms. The van der Waals surface area contributed by atoms with Gasteiger partial charge in [-0.3, -0.25) is 0 Å². The fraction of sp³-hybridized carbons (Fsp3) is 0.333. The average molecular weight is 241 g/mol. The summed E-state index contributed by atoms with van der Waals surface area (Å²) >= 11 is 0. The molecular formula is C9H12ClF3N2. The lowest BCUT2D eigenvalue weighted by Crippen LogP contribution is -2.39. The Labute approximate surface area is 92.2 Å². The minimum Gasteiger partial charge on any atom is -0.302 e. The molecule has 0 radical (unpaired) electrons. The summed E-state index contributed by atoms with van der Waals surface area (Å²) in [6, 6.07) is 6.61. The first-order chi connectivity index (χ1) is 6.38. The quantitative estimate of drug-likeness (QED) is 0.636. The van der Waals surface area contributed by atoms with Crippen molar-refractivity contribution in [3.05, 3.63) is 29.8 Å². The number of nitrogens with two attached hydrogens (primary N) is 1. The fourth-order valence-electron chi connectivity index (χ4n) is 1.09. The molecule has 0 bridgehead atoms. The lowest BCUT2D eigenvalue weighted by atomic mass is 10.2. The summed E-state index contributed by atoms with van der Waals surface area (Å²) in [4.78, 5) is 0. The highest BCUT2D eigenvalue weighted by Crippen LogP contribution is 2.20. The van der Waals surface area contributed by atoms with E-state index in [2.05, 4.69) is 0 Å². The summed E-state index contributed by atoms with van der Waals surface area (Å²) in [5.74, 6) is 5.26. The van der Waals surface area contributed by atoms with Crippen LogP contribution in [-0.2, 0) is 0 Å². The van der Waals surface area contributed by atoms with Crippen LogP contribution in [0.2, 0.25) is 0 Å². The van der Waals surface area contributed by atoms with E-state index in [4.69, 9.17) is 5.84 Å². The molecule has 6 heteroatoms. The minimum atomic E-state index is -4.28. The van der Waals surface area contributed by atoms with Gasteiger partial charge in [-0.2, -0.15) is 13.2 Å². The van der Waals surface area contributed by atoms with Gasteiger partial charge in [0.2, 0.25) is 0 Å². The number of halogens is 4. The maximum Gasteiger partial charge on any atom is 0.407 e. The average Bonchev–Trinajstić information content (AvgIpc) is 2.01. The Balaban J connectivity index is 0.00000196. The normalized spacial score (nSPS) is 10.7. The highest BCUT2D eigenvalue weighted by atomic mass is 35.5. The van der Waals surface area contributed by atoms with E-state index in [9.17, 15) is 13.2 Å². The summed E-state index contributed by atoms with van der Waals surface area (Å²) in [7, 11) is 0. The number of aryl methyl sites for hydroxylation is 1. The Hall–Kier alpha value is -0.940. The number of alkyl halides is 3. The summed E-state index contributed by atoms with van der Waals surface area (Å²) in [5, 5.41) is 0.688. The molecule has 2 nitrogen and oxygen atoms in total. The van der Waals surface area contributed by atoms with Crippen LogP contribution in [0.15, 0.2) is 24.3 Å². The standard InChI is InChI=1S/C9H11F3N2.ClH/c1-7-3-2-4-8(5-7)14(13)6-9(10,11)12;/h2-5H,6,13H2,1H3;1H. The Morgan fingerprint density at radius 1 is 1.33 bits per heavy atom. The van der Waals surface area contributed by atoms with Crippen molar-refractivity contribution in [2.24, 2.45) is 5.84 Å². The van der Waals surface area contributed by atoms with E-state index >= 15 is 0 Å². The zero-order valence-corrected chi connectivity index (χ0v) is 8.90. The van der Waals surface area contributed by atoms with E-state index in [1.54, 1.807) is 31.2 Å². The molecular weight excluding hydrogens is 229 g/mol. The molecule has 1 rings (SSSR count). The van der Waals surface area contributed by atoms with Gasteiger partial charge in [0.15, 0.2) is 0 Å². The second-order valence-electron chi connectivity index (χ2n) is 3.08. The number of hydrazine groups is 1. The van der Waals surface area contributed by atoms with Crippen LogP contribution in [0.5, 0.6) is 0 Å². The van der Waals surface area contributed by atoms with Crippen LogP contribution in [0, 0.1) is 6.92 Å². The van der Waals surface area contributed by atoms with Crippen LogP contribution >= 0.6 is 12.4 Å². The molecule has 0 atom stereocenters. The molecule has 0 heterocycles. The first-order valence-electron chi connectivity index (χ1n) is 4.04. The summed E-state index contributed by atoms with van der Waals surface area (Å²) in [5.41, 5.74) is 1.24. The third-order valence-electron chi connectivity index (χ3n) is 1.68. The van der Waals surface area contributed by atoms with E-state index in [0.717, 1.165) is 5.56 Å². The van der Waals surface area contributed by atoms with Gasteiger partial charge >= 0.3 is 6.18 Å². The summed E-state index contributed by atoms with van der Waals surface area (Å²) < 4.78 is 35.9. The van der Waals surface area contributed by atoms with Crippen molar-refractivity contribution in [3.63, 3.8) is 0 Å². The molecule has 0 aromatic heterocycles. The maximum atomic E-state index is 12.0. The molecule has 0 saturated heterocycles. The lowest BCUT2D eigenvalue weighted by molar-refractivity contribution is -0.119. The van der Waals surface area contributed by atoms with Gasteiger partial charge in [0.1, 0.15) is 6.54 Å². The molecule has 86 valence electrons. The number of hydrogen-bond acceptors (Lipinski definition) is 2. The summed E-state index contributed by atoms with van der Waals surface area (Å²) in [6.07, 6.45) is -4.28. The monoisotopic (exact) mass is 240 g/mol. The molecule has 0 spiro atoms. The largest absolute Gasteiger partial charge is 0.407 e. The second kappa shape index (κ2) is 5.23. The predicted octanol–water partition coefficient (Wildman–Crippen LogP) is 2.66. The van der Waals surface area contributed by atoms with E-state index < -0.39 is 12.7 Å². The topological polar surface area (TPSA) is 29.3 Å². The van der Waals surface area contributed by atoms with E-state index in [1.807, 2.05) is 0 Å². The second-order valence-corrected chi connectivity index (χ2v) is 3.08. The van der Waals surface area contributed by atoms with Gasteiger partial charge in [0.05, 0.1) is 5.69 Å². The Bertz CT molecular complexity index is 314. The van der Waals surface area contributed by atoms with Crippen molar-refractivity contribution >= 4 is 18.1 Å². The molecule has 0 fully saturated rings. The molecule has 1 aromatic carbocycles. The van der Waals surface area contributed by atoms with Crippen molar-refractivity contribution in [1.82, 2.24) is 0 Å². The Morgan fingerprint density at radius 2 is 1.93 bits per heavy atom. The molecule has 0 aliphatic heterocycles. The van der Waals surface area contributed by atoms with Crippen LogP contribution in [0.1, 0.15) is 5.56 Å². The van der Waals surface area contributed by atoms with Crippen LogP contribution in [0.3, 0.4) is 0 Å². The lowest BCUT2D eigenvalue weighted by Gasteiger charge is -2.20. The Kier molecular flexibility index (Phi) is 4.90. The van der Waals surface area contributed by atoms with E-state index in [0.29, 0.717) is 10.7 Å². The Morgan fingerprint density at radius 3 is 2.40 bits per heavy atom. The van der Waals surface area contributed by atoms with Crippen LogP contribution in [-0.4, -0.2) is 12.7 Å². The molecule has 0 aliphatic carbocycles. The van der Waals surface area contributed by atoms with Gasteiger partial charge in [-0.1, -0.05) is 12.1 Å². The van der Waals surface area contributed by atoms with Crippen LogP contribution < -0.4 is 10.9 Å². The van der Waals surface area contributed by atoms with Crippen molar-refractivity contribution < 1.29 is 13.2 Å². The number of anilines is 1.